The van der Waals surface area contributed by atoms with Crippen LogP contribution in [0.1, 0.15) is 0 Å². The highest BCUT2D eigenvalue weighted by atomic mass is 32.1. The van der Waals surface area contributed by atoms with Crippen molar-refractivity contribution in [3.05, 3.63) is 243 Å². The van der Waals surface area contributed by atoms with Gasteiger partial charge in [-0.3, -0.25) is 0 Å². The fraction of sp³-hybridized carbons (Fsp3) is 0. The molecule has 0 N–H and O–H groups in total. The van der Waals surface area contributed by atoms with Crippen molar-refractivity contribution < 1.29 is 4.42 Å². The molecule has 0 aliphatic carbocycles. The molecule has 14 aromatic rings. The number of anilines is 3. The van der Waals surface area contributed by atoms with Crippen molar-refractivity contribution in [2.45, 2.75) is 0 Å². The van der Waals surface area contributed by atoms with Crippen molar-refractivity contribution in [1.29, 1.82) is 0 Å². The molecule has 0 amide bonds. The smallest absolute Gasteiger partial charge is 0.136 e. The Morgan fingerprint density at radius 3 is 1.76 bits per heavy atom. The summed E-state index contributed by atoms with van der Waals surface area (Å²) in [7, 11) is 0. The summed E-state index contributed by atoms with van der Waals surface area (Å²) >= 11 is 1.87. The van der Waals surface area contributed by atoms with Gasteiger partial charge in [0.25, 0.3) is 0 Å². The SMILES string of the molecule is c1cc(-c2cccc3oc4ccccc4c23)cc(N(c2ccc(-c3cccc4ccccc34)cc2)c2cc(-c3ccc(-n4c5ccccc5c5ccccc54)cc3)c3sc4ccccc4c3c2)c1. The lowest BCUT2D eigenvalue weighted by atomic mass is 9.97. The quantitative estimate of drug-likeness (QED) is 0.159. The molecule has 0 aliphatic heterocycles. The van der Waals surface area contributed by atoms with Gasteiger partial charge in [0.05, 0.1) is 11.0 Å². The van der Waals surface area contributed by atoms with Crippen molar-refractivity contribution in [2.24, 2.45) is 0 Å². The van der Waals surface area contributed by atoms with E-state index in [2.05, 4.69) is 246 Å². The summed E-state index contributed by atoms with van der Waals surface area (Å²) in [5.41, 5.74) is 15.6. The molecule has 11 aromatic carbocycles. The maximum absolute atomic E-state index is 6.38. The van der Waals surface area contributed by atoms with E-state index in [-0.39, 0.29) is 0 Å². The monoisotopic (exact) mass is 884 g/mol. The van der Waals surface area contributed by atoms with E-state index in [1.165, 1.54) is 75.0 Å². The number of nitrogens with zero attached hydrogens (tertiary/aromatic N) is 2. The molecule has 4 heteroatoms. The van der Waals surface area contributed by atoms with E-state index in [0.717, 1.165) is 55.8 Å². The average Bonchev–Trinajstić information content (AvgIpc) is 4.09. The van der Waals surface area contributed by atoms with Crippen LogP contribution in [0.15, 0.2) is 247 Å². The van der Waals surface area contributed by atoms with Crippen molar-refractivity contribution in [2.75, 3.05) is 4.90 Å². The summed E-state index contributed by atoms with van der Waals surface area (Å²) < 4.78 is 11.3. The highest BCUT2D eigenvalue weighted by molar-refractivity contribution is 7.26. The minimum absolute atomic E-state index is 0.888. The van der Waals surface area contributed by atoms with E-state index in [1.807, 2.05) is 17.4 Å². The standard InChI is InChI=1S/C64H40N2OS/c1-2-18-49-41(14-1)15-12-23-50(49)42-30-34-45(35-31-42)65(47-17-11-16-44(38-47)51-24-13-28-61-63(51)55-22-5-9-27-60(55)67-61)48-39-56(64-57(40-48)54-21-6-10-29-62(54)68-64)43-32-36-46(37-33-43)66-58-25-7-3-19-52(58)53-20-4-8-26-59(53)66/h1-40H. The molecule has 0 fully saturated rings. The molecule has 3 heterocycles. The van der Waals surface area contributed by atoms with Gasteiger partial charge in [0.15, 0.2) is 0 Å². The van der Waals surface area contributed by atoms with Crippen molar-refractivity contribution in [3.63, 3.8) is 0 Å². The Morgan fingerprint density at radius 1 is 0.353 bits per heavy atom. The molecule has 68 heavy (non-hydrogen) atoms. The van der Waals surface area contributed by atoms with Crippen LogP contribution in [-0.2, 0) is 0 Å². The van der Waals surface area contributed by atoms with Gasteiger partial charge in [0, 0.05) is 70.0 Å². The van der Waals surface area contributed by atoms with Crippen LogP contribution in [0.4, 0.5) is 17.1 Å². The van der Waals surface area contributed by atoms with Crippen molar-refractivity contribution in [3.8, 4) is 39.1 Å². The van der Waals surface area contributed by atoms with Crippen LogP contribution in [0.2, 0.25) is 0 Å². The van der Waals surface area contributed by atoms with Crippen LogP contribution < -0.4 is 4.90 Å². The van der Waals surface area contributed by atoms with E-state index in [9.17, 15) is 0 Å². The van der Waals surface area contributed by atoms with Gasteiger partial charge in [-0.1, -0.05) is 164 Å². The zero-order valence-corrected chi connectivity index (χ0v) is 37.6. The van der Waals surface area contributed by atoms with E-state index >= 15 is 0 Å². The number of rotatable bonds is 7. The maximum atomic E-state index is 6.38. The Bertz CT molecular complexity index is 4210. The van der Waals surface area contributed by atoms with Crippen LogP contribution in [0, 0.1) is 0 Å². The number of hydrogen-bond acceptors (Lipinski definition) is 3. The first-order valence-corrected chi connectivity index (χ1v) is 24.0. The second-order valence-corrected chi connectivity index (χ2v) is 18.7. The first-order valence-electron chi connectivity index (χ1n) is 23.2. The molecule has 3 aromatic heterocycles. The number of benzene rings is 11. The predicted molar refractivity (Wildman–Crippen MR) is 289 cm³/mol. The molecular weight excluding hydrogens is 845 g/mol. The highest BCUT2D eigenvalue weighted by Crippen LogP contribution is 2.47. The largest absolute Gasteiger partial charge is 0.456 e. The third-order valence-corrected chi connectivity index (χ3v) is 15.0. The lowest BCUT2D eigenvalue weighted by molar-refractivity contribution is 0.669. The Labute approximate surface area is 396 Å². The van der Waals surface area contributed by atoms with Crippen LogP contribution in [0.5, 0.6) is 0 Å². The van der Waals surface area contributed by atoms with E-state index < -0.39 is 0 Å². The minimum atomic E-state index is 0.888. The molecule has 0 aliphatic rings. The first-order chi connectivity index (χ1) is 33.7. The van der Waals surface area contributed by atoms with Gasteiger partial charge in [0.2, 0.25) is 0 Å². The number of fused-ring (bicyclic) bond motifs is 10. The van der Waals surface area contributed by atoms with Crippen LogP contribution in [0.3, 0.4) is 0 Å². The predicted octanol–water partition coefficient (Wildman–Crippen LogP) is 18.7. The third kappa shape index (κ3) is 6.12. The summed E-state index contributed by atoms with van der Waals surface area (Å²) in [5, 5.41) is 9.75. The normalized spacial score (nSPS) is 11.8. The number of aromatic nitrogens is 1. The van der Waals surface area contributed by atoms with Crippen LogP contribution in [0.25, 0.3) is 114 Å². The van der Waals surface area contributed by atoms with Gasteiger partial charge in [-0.25, -0.2) is 0 Å². The van der Waals surface area contributed by atoms with Gasteiger partial charge in [0.1, 0.15) is 11.2 Å². The highest BCUT2D eigenvalue weighted by Gasteiger charge is 2.21. The van der Waals surface area contributed by atoms with Gasteiger partial charge in [-0.2, -0.15) is 0 Å². The summed E-state index contributed by atoms with van der Waals surface area (Å²) in [6.07, 6.45) is 0. The average molecular weight is 885 g/mol. The fourth-order valence-electron chi connectivity index (χ4n) is 10.7. The molecule has 318 valence electrons. The van der Waals surface area contributed by atoms with Gasteiger partial charge in [-0.05, 0) is 117 Å². The first kappa shape index (κ1) is 38.6. The Morgan fingerprint density at radius 2 is 0.956 bits per heavy atom. The molecule has 0 unspecified atom stereocenters. The van der Waals surface area contributed by atoms with Gasteiger partial charge >= 0.3 is 0 Å². The lowest BCUT2D eigenvalue weighted by Gasteiger charge is -2.27. The number of para-hydroxylation sites is 3. The lowest BCUT2D eigenvalue weighted by Crippen LogP contribution is -2.10. The van der Waals surface area contributed by atoms with Crippen LogP contribution in [-0.4, -0.2) is 4.57 Å². The second kappa shape index (κ2) is 15.5. The Balaban J connectivity index is 0.970. The topological polar surface area (TPSA) is 21.3 Å². The van der Waals surface area contributed by atoms with Crippen molar-refractivity contribution in [1.82, 2.24) is 4.57 Å². The molecular formula is C64H40N2OS. The van der Waals surface area contributed by atoms with E-state index in [0.29, 0.717) is 0 Å². The second-order valence-electron chi connectivity index (χ2n) is 17.6. The number of hydrogen-bond donors (Lipinski definition) is 0. The van der Waals surface area contributed by atoms with E-state index in [4.69, 9.17) is 4.42 Å². The zero-order valence-electron chi connectivity index (χ0n) is 36.8. The fourth-order valence-corrected chi connectivity index (χ4v) is 11.9. The van der Waals surface area contributed by atoms with Crippen molar-refractivity contribution >= 4 is 103 Å². The molecule has 3 nitrogen and oxygen atoms in total. The van der Waals surface area contributed by atoms with Gasteiger partial charge < -0.3 is 13.9 Å². The molecule has 0 radical (unpaired) electrons. The van der Waals surface area contributed by atoms with E-state index in [1.54, 1.807) is 0 Å². The number of thiophene rings is 1. The molecule has 0 saturated carbocycles. The molecule has 0 saturated heterocycles. The Hall–Kier alpha value is -8.70. The molecule has 14 rings (SSSR count). The van der Waals surface area contributed by atoms with Gasteiger partial charge in [-0.15, -0.1) is 11.3 Å². The third-order valence-electron chi connectivity index (χ3n) is 13.8. The zero-order chi connectivity index (χ0) is 44.7. The molecule has 0 atom stereocenters. The summed E-state index contributed by atoms with van der Waals surface area (Å²) in [6.45, 7) is 0. The summed E-state index contributed by atoms with van der Waals surface area (Å²) in [5.74, 6) is 0. The summed E-state index contributed by atoms with van der Waals surface area (Å²) in [4.78, 5) is 2.44. The molecule has 0 spiro atoms. The maximum Gasteiger partial charge on any atom is 0.136 e. The number of furan rings is 1. The van der Waals surface area contributed by atoms with Crippen LogP contribution >= 0.6 is 11.3 Å². The molecule has 0 bridgehead atoms. The summed E-state index contributed by atoms with van der Waals surface area (Å²) in [6, 6.07) is 88.3. The Kier molecular flexibility index (Phi) is 8.76. The minimum Gasteiger partial charge on any atom is -0.456 e.